The smallest absolute Gasteiger partial charge is 0.343 e. The summed E-state index contributed by atoms with van der Waals surface area (Å²) in [7, 11) is 0. The van der Waals surface area contributed by atoms with Gasteiger partial charge in [0.05, 0.1) is 49.1 Å². The van der Waals surface area contributed by atoms with Gasteiger partial charge in [-0.2, -0.15) is 0 Å². The number of unbranched alkanes of at least 4 members (excludes halogenated alkanes) is 2. The fourth-order valence-electron chi connectivity index (χ4n) is 9.76. The maximum atomic E-state index is 15.4. The van der Waals surface area contributed by atoms with Crippen molar-refractivity contribution in [3.63, 3.8) is 0 Å². The Bertz CT molecular complexity index is 3090. The van der Waals surface area contributed by atoms with Gasteiger partial charge in [0.2, 0.25) is 35.4 Å². The van der Waals surface area contributed by atoms with Gasteiger partial charge in [0.15, 0.2) is 5.60 Å². The van der Waals surface area contributed by atoms with Crippen LogP contribution in [-0.2, 0) is 84.2 Å². The zero-order valence-corrected chi connectivity index (χ0v) is 42.0. The molecule has 3 aliphatic heterocycles. The third-order valence-electron chi connectivity index (χ3n) is 13.8. The van der Waals surface area contributed by atoms with Crippen molar-refractivity contribution in [2.75, 3.05) is 39.5 Å². The molecule has 5 heterocycles. The lowest BCUT2D eigenvalue weighted by Gasteiger charge is -2.32. The van der Waals surface area contributed by atoms with E-state index in [2.05, 4.69) is 31.9 Å². The molecular formula is C52H56FN9O12S. The molecule has 4 aliphatic rings. The maximum Gasteiger partial charge on any atom is 0.343 e. The van der Waals surface area contributed by atoms with Crippen LogP contribution >= 0.6 is 12.2 Å². The number of amides is 8. The number of cyclic esters (lactones) is 1. The summed E-state index contributed by atoms with van der Waals surface area (Å²) in [5, 5.41) is 27.6. The second-order valence-electron chi connectivity index (χ2n) is 18.6. The first kappa shape index (κ1) is 53.5. The Morgan fingerprint density at radius 3 is 2.35 bits per heavy atom. The quantitative estimate of drug-likeness (QED) is 0.0171. The lowest BCUT2D eigenvalue weighted by atomic mass is 9.81. The minimum atomic E-state index is -1.92. The number of hydrogen-bond donors (Lipinski definition) is 7. The molecule has 23 heteroatoms. The number of carbonyl (C=O) groups excluding carboxylic acids is 9. The van der Waals surface area contributed by atoms with Gasteiger partial charge < -0.3 is 51.0 Å². The van der Waals surface area contributed by atoms with Crippen LogP contribution in [0.25, 0.3) is 22.3 Å². The first-order chi connectivity index (χ1) is 36.0. The van der Waals surface area contributed by atoms with Crippen LogP contribution in [0.2, 0.25) is 0 Å². The molecule has 8 rings (SSSR count). The number of benzene rings is 2. The summed E-state index contributed by atoms with van der Waals surface area (Å²) in [6, 6.07) is 10.1. The fourth-order valence-corrected chi connectivity index (χ4v) is 10.1. The first-order valence-corrected chi connectivity index (χ1v) is 25.0. The highest BCUT2D eigenvalue weighted by atomic mass is 32.1. The number of pyridine rings is 2. The van der Waals surface area contributed by atoms with Crippen LogP contribution in [0.3, 0.4) is 0 Å². The first-order valence-electron chi connectivity index (χ1n) is 24.6. The highest BCUT2D eigenvalue weighted by Gasteiger charge is 2.45. The van der Waals surface area contributed by atoms with Crippen LogP contribution in [0.4, 0.5) is 4.39 Å². The lowest BCUT2D eigenvalue weighted by Crippen LogP contribution is -2.52. The molecule has 75 heavy (non-hydrogen) atoms. The van der Waals surface area contributed by atoms with E-state index in [1.165, 1.54) is 18.2 Å². The normalized spacial score (nSPS) is 17.4. The molecular weight excluding hydrogens is 994 g/mol. The van der Waals surface area contributed by atoms with Gasteiger partial charge in [-0.3, -0.25) is 43.3 Å². The minimum Gasteiger partial charge on any atom is -0.458 e. The predicted octanol–water partition coefficient (Wildman–Crippen LogP) is 1.65. The number of imide groups is 1. The van der Waals surface area contributed by atoms with Crippen molar-refractivity contribution in [2.24, 2.45) is 0 Å². The van der Waals surface area contributed by atoms with Crippen molar-refractivity contribution >= 4 is 76.3 Å². The van der Waals surface area contributed by atoms with Crippen LogP contribution in [0.15, 0.2) is 54.6 Å². The van der Waals surface area contributed by atoms with Crippen LogP contribution in [-0.4, -0.2) is 118 Å². The van der Waals surface area contributed by atoms with Crippen LogP contribution in [0.1, 0.15) is 90.4 Å². The number of rotatable bonds is 22. The number of nitrogens with one attached hydrogen (secondary N) is 6. The molecule has 4 aromatic rings. The van der Waals surface area contributed by atoms with E-state index in [0.717, 1.165) is 27.0 Å². The number of nitrogens with zero attached hydrogens (tertiary/aromatic N) is 3. The van der Waals surface area contributed by atoms with Crippen LogP contribution in [0.5, 0.6) is 0 Å². The molecule has 3 atom stereocenters. The third-order valence-corrected chi connectivity index (χ3v) is 14.2. The summed E-state index contributed by atoms with van der Waals surface area (Å²) in [5.41, 5.74) is 3.76. The Labute approximate surface area is 434 Å². The zero-order chi connectivity index (χ0) is 53.6. The van der Waals surface area contributed by atoms with Gasteiger partial charge >= 0.3 is 5.97 Å². The number of halogens is 1. The van der Waals surface area contributed by atoms with Gasteiger partial charge in [0.25, 0.3) is 11.8 Å². The molecule has 8 amide bonds. The Kier molecular flexibility index (Phi) is 16.6. The van der Waals surface area contributed by atoms with Crippen LogP contribution < -0.4 is 31.9 Å². The largest absolute Gasteiger partial charge is 0.458 e. The number of aryl methyl sites for hydroxylation is 1. The molecule has 0 bridgehead atoms. The van der Waals surface area contributed by atoms with Crippen molar-refractivity contribution in [3.8, 4) is 11.4 Å². The maximum absolute atomic E-state index is 15.4. The van der Waals surface area contributed by atoms with Gasteiger partial charge in [-0.15, -0.1) is 0 Å². The summed E-state index contributed by atoms with van der Waals surface area (Å²) in [4.78, 5) is 119. The van der Waals surface area contributed by atoms with E-state index in [1.54, 1.807) is 50.2 Å². The van der Waals surface area contributed by atoms with Gasteiger partial charge in [0, 0.05) is 59.7 Å². The summed E-state index contributed by atoms with van der Waals surface area (Å²) in [5.74, 6) is -5.57. The number of aliphatic hydroxyl groups is 1. The van der Waals surface area contributed by atoms with E-state index in [-0.39, 0.29) is 50.8 Å². The third kappa shape index (κ3) is 11.8. The number of carbonyl (C=O) groups is 9. The molecule has 0 radical (unpaired) electrons. The number of aromatic nitrogens is 2. The molecule has 2 aromatic carbocycles. The van der Waals surface area contributed by atoms with Gasteiger partial charge in [-0.05, 0) is 67.3 Å². The number of esters is 1. The molecule has 1 aliphatic carbocycles. The average molecular weight is 1050 g/mol. The molecule has 0 saturated carbocycles. The topological polar surface area (TPSA) is 286 Å². The Hall–Kier alpha value is -7.76. The Morgan fingerprint density at radius 2 is 1.60 bits per heavy atom. The van der Waals surface area contributed by atoms with E-state index < -0.39 is 97.9 Å². The monoisotopic (exact) mass is 1050 g/mol. The Morgan fingerprint density at radius 1 is 0.893 bits per heavy atom. The number of hydrogen-bond acceptors (Lipinski definition) is 14. The second kappa shape index (κ2) is 23.2. The van der Waals surface area contributed by atoms with E-state index in [0.29, 0.717) is 75.9 Å². The number of fused-ring (bicyclic) bond motifs is 5. The minimum absolute atomic E-state index is 0.0423. The molecule has 21 nitrogen and oxygen atoms in total. The summed E-state index contributed by atoms with van der Waals surface area (Å²) < 4.78 is 28.4. The second-order valence-corrected chi connectivity index (χ2v) is 19.0. The fraction of sp³-hybridized carbons (Fsp3) is 0.404. The molecule has 7 N–H and O–H groups in total. The molecule has 0 fully saturated rings. The van der Waals surface area contributed by atoms with Gasteiger partial charge in [-0.25, -0.2) is 14.2 Å². The number of ether oxygens (including phenoxy) is 2. The van der Waals surface area contributed by atoms with Crippen molar-refractivity contribution in [3.05, 3.63) is 104 Å². The van der Waals surface area contributed by atoms with E-state index in [4.69, 9.17) is 26.7 Å². The van der Waals surface area contributed by atoms with Crippen molar-refractivity contribution in [1.82, 2.24) is 46.4 Å². The van der Waals surface area contributed by atoms with E-state index in [1.807, 2.05) is 4.57 Å². The summed E-state index contributed by atoms with van der Waals surface area (Å²) >= 11 is 5.91. The molecule has 394 valence electrons. The SMILES string of the molecule is CC[C@@]1(O)C(=O)OCc2c1cc1n(c2=S)Cc2c-1nc1cc(F)c(C)c3c1c2C(NC(=O)COCNC(=O)CNC(=O)[C@H](Cc1ccccc1)NC(=O)CNC(=O)CNC(=O)CCCCCN1C(=O)C=CC1=O)CC3. The molecule has 2 aromatic heterocycles. The van der Waals surface area contributed by atoms with Crippen molar-refractivity contribution in [2.45, 2.75) is 96.1 Å². The standard InChI is InChI=1S/C52H56FN9O12S/c1-3-52(72)33-19-38-48-31(24-62(38)50(75)32(33)25-74-51(52)71)47-35(14-13-30-28(2)34(53)20-36(60-48)46(30)47)58-43(67)26-73-27-57-41(65)22-56-49(70)37(18-29-10-6-4-7-11-29)59-42(66)23-55-40(64)21-54-39(63)12-8-5-9-17-61-44(68)15-16-45(61)69/h4,6-7,10-11,15-16,19-20,35,37,72H,3,5,8-9,12-14,17-18,21-27H2,1-2H3,(H,54,63)(H,55,64)(H,56,70)(H,57,65)(H,58,67)(H,59,66)/t35?,37-,52-/m0/s1. The summed E-state index contributed by atoms with van der Waals surface area (Å²) in [6.07, 6.45) is 5.03. The van der Waals surface area contributed by atoms with Gasteiger partial charge in [-0.1, -0.05) is 55.9 Å². The van der Waals surface area contributed by atoms with Gasteiger partial charge in [0.1, 0.15) is 36.4 Å². The highest BCUT2D eigenvalue weighted by molar-refractivity contribution is 7.71. The zero-order valence-electron chi connectivity index (χ0n) is 41.2. The lowest BCUT2D eigenvalue weighted by molar-refractivity contribution is -0.172. The van der Waals surface area contributed by atoms with E-state index >= 15 is 4.39 Å². The average Bonchev–Trinajstić information content (AvgIpc) is 3.98. The van der Waals surface area contributed by atoms with Crippen LogP contribution in [0, 0.1) is 17.4 Å². The summed E-state index contributed by atoms with van der Waals surface area (Å²) in [6.45, 7) is 1.49. The highest BCUT2D eigenvalue weighted by Crippen LogP contribution is 2.47. The predicted molar refractivity (Wildman–Crippen MR) is 267 cm³/mol. The molecule has 1 unspecified atom stereocenters. The molecule has 0 saturated heterocycles. The van der Waals surface area contributed by atoms with Crippen molar-refractivity contribution < 1.29 is 62.1 Å². The van der Waals surface area contributed by atoms with E-state index in [9.17, 15) is 48.3 Å². The Balaban J connectivity index is 0.805. The van der Waals surface area contributed by atoms with Crippen molar-refractivity contribution in [1.29, 1.82) is 0 Å². The molecule has 0 spiro atoms.